The van der Waals surface area contributed by atoms with Gasteiger partial charge in [0.2, 0.25) is 5.91 Å². The molecule has 0 aliphatic heterocycles. The van der Waals surface area contributed by atoms with Crippen LogP contribution in [0.5, 0.6) is 0 Å². The molecule has 0 radical (unpaired) electrons. The maximum absolute atomic E-state index is 11.4. The second kappa shape index (κ2) is 8.02. The average molecular weight is 294 g/mol. The number of methoxy groups -OCH3 is 1. The monoisotopic (exact) mass is 293 g/mol. The zero-order valence-electron chi connectivity index (χ0n) is 10.4. The molecule has 0 saturated heterocycles. The van der Waals surface area contributed by atoms with Crippen molar-refractivity contribution in [2.45, 2.75) is 13.3 Å². The molecule has 1 rings (SSSR count). The number of hydrogen-bond acceptors (Lipinski definition) is 6. The predicted octanol–water partition coefficient (Wildman–Crippen LogP) is 1.07. The Morgan fingerprint density at radius 3 is 2.61 bits per heavy atom. The summed E-state index contributed by atoms with van der Waals surface area (Å²) in [5.41, 5.74) is 0.640. The standard InChI is InChI=1S/C10H15N3O3S.ClH/c1-4-6-8(9(15)16-3)17-10(12-6)13-7(14)5-11-2;/h11H,4-5H2,1-3H3,(H,12,13,14);1H. The summed E-state index contributed by atoms with van der Waals surface area (Å²) >= 11 is 1.13. The summed E-state index contributed by atoms with van der Waals surface area (Å²) in [6, 6.07) is 0. The molecule has 0 aliphatic rings. The molecule has 1 aromatic heterocycles. The van der Waals surface area contributed by atoms with Gasteiger partial charge in [0.1, 0.15) is 4.88 Å². The van der Waals surface area contributed by atoms with E-state index in [9.17, 15) is 9.59 Å². The maximum Gasteiger partial charge on any atom is 0.350 e. The molecule has 1 aromatic rings. The Morgan fingerprint density at radius 1 is 1.44 bits per heavy atom. The molecular formula is C10H16ClN3O3S. The van der Waals surface area contributed by atoms with E-state index in [0.717, 1.165) is 11.3 Å². The van der Waals surface area contributed by atoms with E-state index in [0.29, 0.717) is 22.1 Å². The van der Waals surface area contributed by atoms with Gasteiger partial charge in [0.15, 0.2) is 5.13 Å². The van der Waals surface area contributed by atoms with Crippen LogP contribution in [-0.2, 0) is 16.0 Å². The van der Waals surface area contributed by atoms with Crippen molar-refractivity contribution in [2.24, 2.45) is 0 Å². The number of aromatic nitrogens is 1. The number of ether oxygens (including phenoxy) is 1. The molecule has 0 bridgehead atoms. The van der Waals surface area contributed by atoms with Crippen LogP contribution in [0.3, 0.4) is 0 Å². The smallest absolute Gasteiger partial charge is 0.350 e. The Hall–Kier alpha value is -1.18. The van der Waals surface area contributed by atoms with E-state index < -0.39 is 5.97 Å². The topological polar surface area (TPSA) is 80.3 Å². The van der Waals surface area contributed by atoms with E-state index in [-0.39, 0.29) is 24.9 Å². The van der Waals surface area contributed by atoms with Crippen LogP contribution in [0.25, 0.3) is 0 Å². The van der Waals surface area contributed by atoms with Crippen LogP contribution in [0.2, 0.25) is 0 Å². The molecule has 1 amide bonds. The molecule has 18 heavy (non-hydrogen) atoms. The minimum Gasteiger partial charge on any atom is -0.465 e. The van der Waals surface area contributed by atoms with Crippen LogP contribution in [0.4, 0.5) is 5.13 Å². The SMILES string of the molecule is CCc1nc(NC(=O)CNC)sc1C(=O)OC.Cl. The number of amides is 1. The minimum atomic E-state index is -0.423. The van der Waals surface area contributed by atoms with Crippen molar-refractivity contribution in [3.8, 4) is 0 Å². The highest BCUT2D eigenvalue weighted by Gasteiger charge is 2.18. The predicted molar refractivity (Wildman–Crippen MR) is 72.6 cm³/mol. The van der Waals surface area contributed by atoms with E-state index in [1.807, 2.05) is 6.92 Å². The number of halogens is 1. The van der Waals surface area contributed by atoms with Crippen molar-refractivity contribution in [3.05, 3.63) is 10.6 Å². The highest BCUT2D eigenvalue weighted by molar-refractivity contribution is 7.17. The van der Waals surface area contributed by atoms with Crippen molar-refractivity contribution in [1.29, 1.82) is 0 Å². The summed E-state index contributed by atoms with van der Waals surface area (Å²) in [7, 11) is 3.00. The van der Waals surface area contributed by atoms with Gasteiger partial charge in [-0.25, -0.2) is 9.78 Å². The molecule has 6 nitrogen and oxygen atoms in total. The Morgan fingerprint density at radius 2 is 2.11 bits per heavy atom. The van der Waals surface area contributed by atoms with E-state index in [4.69, 9.17) is 0 Å². The van der Waals surface area contributed by atoms with Gasteiger partial charge in [-0.15, -0.1) is 12.4 Å². The first-order valence-corrected chi connectivity index (χ1v) is 5.96. The number of carbonyl (C=O) groups excluding carboxylic acids is 2. The van der Waals surface area contributed by atoms with Crippen molar-refractivity contribution < 1.29 is 14.3 Å². The van der Waals surface area contributed by atoms with Gasteiger partial charge in [-0.3, -0.25) is 4.79 Å². The number of anilines is 1. The fourth-order valence-corrected chi connectivity index (χ4v) is 2.21. The number of likely N-dealkylation sites (N-methyl/N-ethyl adjacent to an activating group) is 1. The van der Waals surface area contributed by atoms with Gasteiger partial charge in [-0.1, -0.05) is 18.3 Å². The third kappa shape index (κ3) is 4.25. The summed E-state index contributed by atoms with van der Waals surface area (Å²) in [4.78, 5) is 27.4. The Bertz CT molecular complexity index is 423. The lowest BCUT2D eigenvalue weighted by Gasteiger charge is -1.98. The molecule has 8 heteroatoms. The number of hydrogen-bond donors (Lipinski definition) is 2. The van der Waals surface area contributed by atoms with Crippen LogP contribution >= 0.6 is 23.7 Å². The van der Waals surface area contributed by atoms with Crippen LogP contribution < -0.4 is 10.6 Å². The van der Waals surface area contributed by atoms with Crippen molar-refractivity contribution >= 4 is 40.8 Å². The Labute approximate surface area is 116 Å². The first-order chi connectivity index (χ1) is 8.12. The molecule has 0 aliphatic carbocycles. The summed E-state index contributed by atoms with van der Waals surface area (Å²) in [6.45, 7) is 2.09. The number of thiazole rings is 1. The highest BCUT2D eigenvalue weighted by atomic mass is 35.5. The van der Waals surface area contributed by atoms with E-state index in [1.54, 1.807) is 7.05 Å². The van der Waals surface area contributed by atoms with Crippen LogP contribution in [-0.4, -0.2) is 37.6 Å². The third-order valence-electron chi connectivity index (χ3n) is 1.99. The van der Waals surface area contributed by atoms with Crippen molar-refractivity contribution in [3.63, 3.8) is 0 Å². The molecule has 0 unspecified atom stereocenters. The fraction of sp³-hybridized carbons (Fsp3) is 0.500. The lowest BCUT2D eigenvalue weighted by atomic mass is 10.3. The molecule has 102 valence electrons. The van der Waals surface area contributed by atoms with E-state index in [2.05, 4.69) is 20.4 Å². The second-order valence-electron chi connectivity index (χ2n) is 3.22. The number of aryl methyl sites for hydroxylation is 1. The van der Waals surface area contributed by atoms with Gasteiger partial charge in [-0.2, -0.15) is 0 Å². The first kappa shape index (κ1) is 16.8. The lowest BCUT2D eigenvalue weighted by Crippen LogP contribution is -2.24. The van der Waals surface area contributed by atoms with Gasteiger partial charge in [0.25, 0.3) is 0 Å². The third-order valence-corrected chi connectivity index (χ3v) is 2.98. The average Bonchev–Trinajstić information content (AvgIpc) is 2.71. The van der Waals surface area contributed by atoms with Gasteiger partial charge < -0.3 is 15.4 Å². The van der Waals surface area contributed by atoms with Gasteiger partial charge in [-0.05, 0) is 13.5 Å². The molecule has 0 atom stereocenters. The molecule has 0 fully saturated rings. The molecule has 1 heterocycles. The van der Waals surface area contributed by atoms with Crippen LogP contribution in [0, 0.1) is 0 Å². The largest absolute Gasteiger partial charge is 0.465 e. The summed E-state index contributed by atoms with van der Waals surface area (Å²) in [5, 5.41) is 5.76. The minimum absolute atomic E-state index is 0. The van der Waals surface area contributed by atoms with E-state index in [1.165, 1.54) is 7.11 Å². The zero-order chi connectivity index (χ0) is 12.8. The van der Waals surface area contributed by atoms with Gasteiger partial charge >= 0.3 is 5.97 Å². The van der Waals surface area contributed by atoms with E-state index >= 15 is 0 Å². The van der Waals surface area contributed by atoms with Crippen molar-refractivity contribution in [1.82, 2.24) is 10.3 Å². The van der Waals surface area contributed by atoms with Crippen LogP contribution in [0.15, 0.2) is 0 Å². The normalized spacial score (nSPS) is 9.50. The second-order valence-corrected chi connectivity index (χ2v) is 4.22. The number of esters is 1. The quantitative estimate of drug-likeness (QED) is 0.794. The maximum atomic E-state index is 11.4. The fourth-order valence-electron chi connectivity index (χ4n) is 1.22. The molecular weight excluding hydrogens is 278 g/mol. The first-order valence-electron chi connectivity index (χ1n) is 5.14. The molecule has 0 saturated carbocycles. The Balaban J connectivity index is 0.00000289. The lowest BCUT2D eigenvalue weighted by molar-refractivity contribution is -0.115. The molecule has 2 N–H and O–H groups in total. The van der Waals surface area contributed by atoms with Gasteiger partial charge in [0, 0.05) is 0 Å². The van der Waals surface area contributed by atoms with Crippen LogP contribution in [0.1, 0.15) is 22.3 Å². The summed E-state index contributed by atoms with van der Waals surface area (Å²) < 4.78 is 4.65. The number of nitrogens with zero attached hydrogens (tertiary/aromatic N) is 1. The summed E-state index contributed by atoms with van der Waals surface area (Å²) in [6.07, 6.45) is 0.614. The zero-order valence-corrected chi connectivity index (χ0v) is 12.0. The summed E-state index contributed by atoms with van der Waals surface area (Å²) in [5.74, 6) is -0.617. The Kier molecular flexibility index (Phi) is 7.49. The molecule has 0 aromatic carbocycles. The van der Waals surface area contributed by atoms with Gasteiger partial charge in [0.05, 0.1) is 19.3 Å². The highest BCUT2D eigenvalue weighted by Crippen LogP contribution is 2.24. The number of nitrogens with one attached hydrogen (secondary N) is 2. The van der Waals surface area contributed by atoms with Crippen molar-refractivity contribution in [2.75, 3.05) is 26.0 Å². The number of carbonyl (C=O) groups is 2. The number of rotatable bonds is 5. The molecule has 0 spiro atoms.